The number of rotatable bonds is 4. The van der Waals surface area contributed by atoms with Crippen molar-refractivity contribution in [2.45, 2.75) is 27.0 Å². The first kappa shape index (κ1) is 15.2. The molecule has 2 N–H and O–H groups in total. The molecular weight excluding hydrogens is 290 g/mol. The zero-order valence-corrected chi connectivity index (χ0v) is 13.2. The smallest absolute Gasteiger partial charge is 0.244 e. The first-order valence-electron chi connectivity index (χ1n) is 7.50. The average Bonchev–Trinajstić information content (AvgIpc) is 2.84. The molecule has 5 nitrogen and oxygen atoms in total. The van der Waals surface area contributed by atoms with Gasteiger partial charge >= 0.3 is 0 Å². The third-order valence-electron chi connectivity index (χ3n) is 3.68. The molecule has 1 aromatic heterocycles. The van der Waals surface area contributed by atoms with Crippen molar-refractivity contribution in [2.75, 3.05) is 5.32 Å². The van der Waals surface area contributed by atoms with Gasteiger partial charge in [0.2, 0.25) is 5.91 Å². The number of amides is 1. The molecule has 23 heavy (non-hydrogen) atoms. The predicted molar refractivity (Wildman–Crippen MR) is 90.2 cm³/mol. The number of aliphatic hydroxyl groups excluding tert-OH is 1. The maximum atomic E-state index is 12.4. The van der Waals surface area contributed by atoms with Gasteiger partial charge in [0.05, 0.1) is 11.0 Å². The Balaban J connectivity index is 1.85. The van der Waals surface area contributed by atoms with Crippen molar-refractivity contribution in [2.24, 2.45) is 0 Å². The van der Waals surface area contributed by atoms with Gasteiger partial charge in [0, 0.05) is 5.69 Å². The minimum absolute atomic E-state index is 0.114. The molecule has 0 saturated heterocycles. The van der Waals surface area contributed by atoms with E-state index in [4.69, 9.17) is 0 Å². The molecule has 5 heteroatoms. The summed E-state index contributed by atoms with van der Waals surface area (Å²) in [6.45, 7) is 3.90. The van der Waals surface area contributed by atoms with Gasteiger partial charge in [-0.1, -0.05) is 18.2 Å². The number of fused-ring (bicyclic) bond motifs is 1. The van der Waals surface area contributed by atoms with Crippen LogP contribution in [-0.2, 0) is 17.9 Å². The Morgan fingerprint density at radius 3 is 2.57 bits per heavy atom. The van der Waals surface area contributed by atoms with Crippen molar-refractivity contribution in [3.63, 3.8) is 0 Å². The Bertz CT molecular complexity index is 848. The Labute approximate surface area is 134 Å². The van der Waals surface area contributed by atoms with Crippen LogP contribution in [-0.4, -0.2) is 20.6 Å². The molecule has 118 valence electrons. The monoisotopic (exact) mass is 309 g/mol. The minimum atomic E-state index is -0.203. The molecule has 0 unspecified atom stereocenters. The first-order valence-corrected chi connectivity index (χ1v) is 7.50. The highest BCUT2D eigenvalue weighted by Gasteiger charge is 2.13. The summed E-state index contributed by atoms with van der Waals surface area (Å²) in [5.41, 5.74) is 4.60. The molecule has 1 heterocycles. The highest BCUT2D eigenvalue weighted by molar-refractivity contribution is 5.92. The van der Waals surface area contributed by atoms with Crippen LogP contribution in [0.1, 0.15) is 17.0 Å². The average molecular weight is 309 g/mol. The fourth-order valence-electron chi connectivity index (χ4n) is 2.81. The molecule has 3 aromatic rings. The van der Waals surface area contributed by atoms with E-state index in [9.17, 15) is 9.90 Å². The second-order valence-corrected chi connectivity index (χ2v) is 5.69. The van der Waals surface area contributed by atoms with Gasteiger partial charge in [-0.3, -0.25) is 4.79 Å². The number of carbonyl (C=O) groups is 1. The molecule has 1 amide bonds. The summed E-state index contributed by atoms with van der Waals surface area (Å²) in [5, 5.41) is 12.4. The molecule has 2 aromatic carbocycles. The lowest BCUT2D eigenvalue weighted by Gasteiger charge is -2.10. The number of imidazole rings is 1. The molecule has 0 aliphatic rings. The summed E-state index contributed by atoms with van der Waals surface area (Å²) >= 11 is 0. The summed E-state index contributed by atoms with van der Waals surface area (Å²) in [5.74, 6) is 0.342. The SMILES string of the molecule is Cc1cc(C)cc(NC(=O)Cn2c(CO)nc3ccccc32)c1. The van der Waals surface area contributed by atoms with Crippen LogP contribution in [0.5, 0.6) is 0 Å². The lowest BCUT2D eigenvalue weighted by Crippen LogP contribution is -2.20. The number of anilines is 1. The molecule has 3 rings (SSSR count). The lowest BCUT2D eigenvalue weighted by molar-refractivity contribution is -0.116. The standard InChI is InChI=1S/C18H19N3O2/c1-12-7-13(2)9-14(8-12)19-18(23)10-21-16-6-4-3-5-15(16)20-17(21)11-22/h3-9,22H,10-11H2,1-2H3,(H,19,23). The maximum Gasteiger partial charge on any atom is 0.244 e. The van der Waals surface area contributed by atoms with E-state index in [2.05, 4.69) is 16.4 Å². The van der Waals surface area contributed by atoms with Crippen molar-refractivity contribution in [3.05, 3.63) is 59.4 Å². The number of aryl methyl sites for hydroxylation is 2. The van der Waals surface area contributed by atoms with E-state index in [0.717, 1.165) is 27.8 Å². The number of para-hydroxylation sites is 2. The zero-order valence-electron chi connectivity index (χ0n) is 13.2. The number of benzene rings is 2. The molecule has 0 radical (unpaired) electrons. The van der Waals surface area contributed by atoms with Gasteiger partial charge in [-0.15, -0.1) is 0 Å². The van der Waals surface area contributed by atoms with Crippen LogP contribution in [0, 0.1) is 13.8 Å². The van der Waals surface area contributed by atoms with E-state index in [1.54, 1.807) is 4.57 Å². The van der Waals surface area contributed by atoms with Crippen LogP contribution in [0.25, 0.3) is 11.0 Å². The van der Waals surface area contributed by atoms with Crippen molar-refractivity contribution in [1.29, 1.82) is 0 Å². The fraction of sp³-hybridized carbons (Fsp3) is 0.222. The van der Waals surface area contributed by atoms with Crippen molar-refractivity contribution < 1.29 is 9.90 Å². The zero-order chi connectivity index (χ0) is 16.4. The molecule has 0 saturated carbocycles. The van der Waals surface area contributed by atoms with Crippen LogP contribution in [0.3, 0.4) is 0 Å². The lowest BCUT2D eigenvalue weighted by atomic mass is 10.1. The maximum absolute atomic E-state index is 12.4. The summed E-state index contributed by atoms with van der Waals surface area (Å²) in [6, 6.07) is 13.5. The van der Waals surface area contributed by atoms with Crippen LogP contribution >= 0.6 is 0 Å². The Morgan fingerprint density at radius 1 is 1.17 bits per heavy atom. The highest BCUT2D eigenvalue weighted by Crippen LogP contribution is 2.17. The van der Waals surface area contributed by atoms with Crippen LogP contribution in [0.4, 0.5) is 5.69 Å². The molecule has 0 aliphatic carbocycles. The quantitative estimate of drug-likeness (QED) is 0.779. The highest BCUT2D eigenvalue weighted by atomic mass is 16.3. The summed E-state index contributed by atoms with van der Waals surface area (Å²) in [7, 11) is 0. The Morgan fingerprint density at radius 2 is 1.87 bits per heavy atom. The molecule has 0 atom stereocenters. The van der Waals surface area contributed by atoms with Gasteiger partial charge in [-0.2, -0.15) is 0 Å². The molecule has 0 bridgehead atoms. The number of aliphatic hydroxyl groups is 1. The van der Waals surface area contributed by atoms with Crippen molar-refractivity contribution >= 4 is 22.6 Å². The van der Waals surface area contributed by atoms with Gasteiger partial charge in [0.25, 0.3) is 0 Å². The van der Waals surface area contributed by atoms with Crippen LogP contribution in [0.15, 0.2) is 42.5 Å². The van der Waals surface area contributed by atoms with Crippen molar-refractivity contribution in [1.82, 2.24) is 9.55 Å². The van der Waals surface area contributed by atoms with E-state index < -0.39 is 0 Å². The number of nitrogens with one attached hydrogen (secondary N) is 1. The van der Waals surface area contributed by atoms with E-state index >= 15 is 0 Å². The van der Waals surface area contributed by atoms with Gasteiger partial charge in [0.15, 0.2) is 0 Å². The van der Waals surface area contributed by atoms with Gasteiger partial charge in [-0.25, -0.2) is 4.98 Å². The number of hydrogen-bond acceptors (Lipinski definition) is 3. The number of aromatic nitrogens is 2. The van der Waals surface area contributed by atoms with E-state index in [1.807, 2.05) is 50.2 Å². The molecule has 0 spiro atoms. The topological polar surface area (TPSA) is 67.2 Å². The van der Waals surface area contributed by atoms with Gasteiger partial charge < -0.3 is 15.0 Å². The summed E-state index contributed by atoms with van der Waals surface area (Å²) < 4.78 is 1.74. The van der Waals surface area contributed by atoms with Crippen LogP contribution in [0.2, 0.25) is 0 Å². The van der Waals surface area contributed by atoms with E-state index in [-0.39, 0.29) is 19.1 Å². The summed E-state index contributed by atoms with van der Waals surface area (Å²) in [6.07, 6.45) is 0. The molecule has 0 fully saturated rings. The minimum Gasteiger partial charge on any atom is -0.388 e. The van der Waals surface area contributed by atoms with Gasteiger partial charge in [0.1, 0.15) is 19.0 Å². The molecular formula is C18H19N3O2. The third kappa shape index (κ3) is 3.24. The van der Waals surface area contributed by atoms with E-state index in [0.29, 0.717) is 5.82 Å². The fourth-order valence-corrected chi connectivity index (χ4v) is 2.81. The number of nitrogens with zero attached hydrogens (tertiary/aromatic N) is 2. The second-order valence-electron chi connectivity index (χ2n) is 5.69. The second kappa shape index (κ2) is 6.22. The molecule has 0 aliphatic heterocycles. The van der Waals surface area contributed by atoms with E-state index in [1.165, 1.54) is 0 Å². The largest absolute Gasteiger partial charge is 0.388 e. The third-order valence-corrected chi connectivity index (χ3v) is 3.68. The first-order chi connectivity index (χ1) is 11.1. The Kier molecular flexibility index (Phi) is 4.12. The summed E-state index contributed by atoms with van der Waals surface area (Å²) in [4.78, 5) is 16.7. The normalized spacial score (nSPS) is 10.9. The number of hydrogen-bond donors (Lipinski definition) is 2. The number of carbonyl (C=O) groups excluding carboxylic acids is 1. The predicted octanol–water partition coefficient (Wildman–Crippen LogP) is 2.78. The van der Waals surface area contributed by atoms with Crippen molar-refractivity contribution in [3.8, 4) is 0 Å². The Hall–Kier alpha value is -2.66. The van der Waals surface area contributed by atoms with Gasteiger partial charge in [-0.05, 0) is 49.2 Å². The van der Waals surface area contributed by atoms with Crippen LogP contribution < -0.4 is 5.32 Å².